The van der Waals surface area contributed by atoms with E-state index in [0.29, 0.717) is 13.2 Å². The van der Waals surface area contributed by atoms with E-state index in [4.69, 9.17) is 9.84 Å². The Kier molecular flexibility index (Phi) is 6.36. The number of hydrogen-bond donors (Lipinski definition) is 1. The van der Waals surface area contributed by atoms with Crippen molar-refractivity contribution in [3.8, 4) is 0 Å². The van der Waals surface area contributed by atoms with Gasteiger partial charge in [0.15, 0.2) is 0 Å². The molecule has 5 nitrogen and oxygen atoms in total. The fourth-order valence-electron chi connectivity index (χ4n) is 3.07. The van der Waals surface area contributed by atoms with Gasteiger partial charge >= 0.3 is 5.97 Å². The van der Waals surface area contributed by atoms with Gasteiger partial charge in [-0.05, 0) is 19.4 Å². The van der Waals surface area contributed by atoms with Crippen molar-refractivity contribution in [2.45, 2.75) is 32.5 Å². The molecule has 1 aliphatic rings. The minimum Gasteiger partial charge on any atom is -0.480 e. The number of ether oxygens (including phenoxy) is 1. The summed E-state index contributed by atoms with van der Waals surface area (Å²) in [5, 5.41) is 8.97. The van der Waals surface area contributed by atoms with Crippen molar-refractivity contribution in [1.82, 2.24) is 9.80 Å². The summed E-state index contributed by atoms with van der Waals surface area (Å²) < 4.78 is 5.73. The summed E-state index contributed by atoms with van der Waals surface area (Å²) >= 11 is 0. The Morgan fingerprint density at radius 3 is 2.45 bits per heavy atom. The van der Waals surface area contributed by atoms with Gasteiger partial charge in [-0.1, -0.05) is 30.3 Å². The SMILES string of the molecule is C[C@@H]1CN(CCOCc2ccccc2)C[C@H](C)N1CC(=O)O. The summed E-state index contributed by atoms with van der Waals surface area (Å²) in [6.07, 6.45) is 0. The van der Waals surface area contributed by atoms with E-state index >= 15 is 0 Å². The van der Waals surface area contributed by atoms with Crippen LogP contribution in [0, 0.1) is 0 Å². The van der Waals surface area contributed by atoms with Crippen LogP contribution in [0.25, 0.3) is 0 Å². The normalized spacial score (nSPS) is 23.5. The molecule has 1 heterocycles. The first-order valence-corrected chi connectivity index (χ1v) is 7.88. The highest BCUT2D eigenvalue weighted by molar-refractivity contribution is 5.69. The molecule has 1 fully saturated rings. The van der Waals surface area contributed by atoms with Crippen LogP contribution in [0.15, 0.2) is 30.3 Å². The highest BCUT2D eigenvalue weighted by Crippen LogP contribution is 2.15. The van der Waals surface area contributed by atoms with Crippen LogP contribution in [0.2, 0.25) is 0 Å². The van der Waals surface area contributed by atoms with E-state index in [-0.39, 0.29) is 18.6 Å². The number of piperazine rings is 1. The molecule has 0 amide bonds. The third-order valence-corrected chi connectivity index (χ3v) is 4.16. The van der Waals surface area contributed by atoms with Gasteiger partial charge in [0.05, 0.1) is 19.8 Å². The Hall–Kier alpha value is -1.43. The minimum atomic E-state index is -0.752. The molecule has 0 aromatic heterocycles. The van der Waals surface area contributed by atoms with Gasteiger partial charge in [-0.15, -0.1) is 0 Å². The second kappa shape index (κ2) is 8.27. The number of rotatable bonds is 7. The summed E-state index contributed by atoms with van der Waals surface area (Å²) in [6, 6.07) is 10.7. The average molecular weight is 306 g/mol. The second-order valence-corrected chi connectivity index (χ2v) is 6.06. The van der Waals surface area contributed by atoms with E-state index in [0.717, 1.165) is 19.6 Å². The van der Waals surface area contributed by atoms with Gasteiger partial charge in [0.25, 0.3) is 0 Å². The maximum absolute atomic E-state index is 10.9. The highest BCUT2D eigenvalue weighted by Gasteiger charge is 2.30. The van der Waals surface area contributed by atoms with Gasteiger partial charge in [-0.3, -0.25) is 14.6 Å². The molecular formula is C17H26N2O3. The van der Waals surface area contributed by atoms with E-state index in [1.54, 1.807) is 0 Å². The molecule has 2 atom stereocenters. The first-order valence-electron chi connectivity index (χ1n) is 7.88. The van der Waals surface area contributed by atoms with Crippen molar-refractivity contribution in [1.29, 1.82) is 0 Å². The summed E-state index contributed by atoms with van der Waals surface area (Å²) in [5.41, 5.74) is 1.19. The van der Waals surface area contributed by atoms with Gasteiger partial charge in [-0.2, -0.15) is 0 Å². The number of benzene rings is 1. The van der Waals surface area contributed by atoms with Gasteiger partial charge in [0.2, 0.25) is 0 Å². The van der Waals surface area contributed by atoms with Crippen LogP contribution in [0.1, 0.15) is 19.4 Å². The molecule has 5 heteroatoms. The molecule has 1 N–H and O–H groups in total. The lowest BCUT2D eigenvalue weighted by Gasteiger charge is -2.43. The molecule has 0 radical (unpaired) electrons. The smallest absolute Gasteiger partial charge is 0.317 e. The van der Waals surface area contributed by atoms with Crippen LogP contribution in [-0.2, 0) is 16.1 Å². The Balaban J connectivity index is 1.70. The number of carboxylic acids is 1. The summed E-state index contributed by atoms with van der Waals surface area (Å²) in [5.74, 6) is -0.752. The lowest BCUT2D eigenvalue weighted by atomic mass is 10.1. The van der Waals surface area contributed by atoms with E-state index in [1.165, 1.54) is 5.56 Å². The number of hydrogen-bond acceptors (Lipinski definition) is 4. The largest absolute Gasteiger partial charge is 0.480 e. The first-order chi connectivity index (χ1) is 10.6. The molecule has 1 aromatic carbocycles. The van der Waals surface area contributed by atoms with Crippen molar-refractivity contribution in [2.24, 2.45) is 0 Å². The quantitative estimate of drug-likeness (QED) is 0.777. The number of aliphatic carboxylic acids is 1. The molecule has 0 unspecified atom stereocenters. The molecule has 122 valence electrons. The highest BCUT2D eigenvalue weighted by atomic mass is 16.5. The minimum absolute atomic E-state index is 0.126. The molecule has 2 rings (SSSR count). The summed E-state index contributed by atoms with van der Waals surface area (Å²) in [4.78, 5) is 15.3. The molecule has 1 saturated heterocycles. The third-order valence-electron chi connectivity index (χ3n) is 4.16. The second-order valence-electron chi connectivity index (χ2n) is 6.06. The molecular weight excluding hydrogens is 280 g/mol. The van der Waals surface area contributed by atoms with Gasteiger partial charge in [-0.25, -0.2) is 0 Å². The fraction of sp³-hybridized carbons (Fsp3) is 0.588. The lowest BCUT2D eigenvalue weighted by Crippen LogP contribution is -2.58. The predicted octanol–water partition coefficient (Wildman–Crippen LogP) is 1.68. The zero-order chi connectivity index (χ0) is 15.9. The van der Waals surface area contributed by atoms with Crippen molar-refractivity contribution in [3.05, 3.63) is 35.9 Å². The maximum atomic E-state index is 10.9. The van der Waals surface area contributed by atoms with E-state index in [9.17, 15) is 4.79 Å². The molecule has 0 spiro atoms. The number of nitrogens with zero attached hydrogens (tertiary/aromatic N) is 2. The maximum Gasteiger partial charge on any atom is 0.317 e. The topological polar surface area (TPSA) is 53.0 Å². The molecule has 0 saturated carbocycles. The molecule has 0 bridgehead atoms. The van der Waals surface area contributed by atoms with Crippen LogP contribution >= 0.6 is 0 Å². The van der Waals surface area contributed by atoms with Crippen LogP contribution in [-0.4, -0.2) is 65.7 Å². The summed E-state index contributed by atoms with van der Waals surface area (Å²) in [7, 11) is 0. The average Bonchev–Trinajstić information content (AvgIpc) is 2.48. The van der Waals surface area contributed by atoms with Crippen LogP contribution in [0.4, 0.5) is 0 Å². The van der Waals surface area contributed by atoms with Gasteiger partial charge < -0.3 is 9.84 Å². The molecule has 0 aliphatic carbocycles. The Labute approximate surface area is 132 Å². The predicted molar refractivity (Wildman–Crippen MR) is 85.8 cm³/mol. The van der Waals surface area contributed by atoms with Crippen molar-refractivity contribution >= 4 is 5.97 Å². The van der Waals surface area contributed by atoms with E-state index in [2.05, 4.69) is 35.8 Å². The van der Waals surface area contributed by atoms with Crippen LogP contribution in [0.3, 0.4) is 0 Å². The van der Waals surface area contributed by atoms with Gasteiger partial charge in [0, 0.05) is 31.7 Å². The summed E-state index contributed by atoms with van der Waals surface area (Å²) in [6.45, 7) is 8.34. The third kappa shape index (κ3) is 5.09. The molecule has 1 aliphatic heterocycles. The van der Waals surface area contributed by atoms with Crippen LogP contribution < -0.4 is 0 Å². The number of carbonyl (C=O) groups is 1. The van der Waals surface area contributed by atoms with E-state index < -0.39 is 5.97 Å². The molecule has 1 aromatic rings. The van der Waals surface area contributed by atoms with E-state index in [1.807, 2.05) is 18.2 Å². The molecule has 22 heavy (non-hydrogen) atoms. The Morgan fingerprint density at radius 1 is 1.23 bits per heavy atom. The van der Waals surface area contributed by atoms with Crippen LogP contribution in [0.5, 0.6) is 0 Å². The van der Waals surface area contributed by atoms with Crippen molar-refractivity contribution in [3.63, 3.8) is 0 Å². The van der Waals surface area contributed by atoms with Crippen molar-refractivity contribution < 1.29 is 14.6 Å². The number of carboxylic acid groups (broad SMARTS) is 1. The van der Waals surface area contributed by atoms with Crippen molar-refractivity contribution in [2.75, 3.05) is 32.8 Å². The fourth-order valence-corrected chi connectivity index (χ4v) is 3.07. The van der Waals surface area contributed by atoms with Gasteiger partial charge in [0.1, 0.15) is 0 Å². The monoisotopic (exact) mass is 306 g/mol. The zero-order valence-corrected chi connectivity index (χ0v) is 13.4. The standard InChI is InChI=1S/C17H26N2O3/c1-14-10-18(11-15(2)19(14)12-17(20)21)8-9-22-13-16-6-4-3-5-7-16/h3-7,14-15H,8-13H2,1-2H3,(H,20,21)/t14-,15+. The Morgan fingerprint density at radius 2 is 1.86 bits per heavy atom. The Bertz CT molecular complexity index is 454. The lowest BCUT2D eigenvalue weighted by molar-refractivity contribution is -0.140. The zero-order valence-electron chi connectivity index (χ0n) is 13.4. The first kappa shape index (κ1) is 16.9.